The fourth-order valence-corrected chi connectivity index (χ4v) is 2.14. The third-order valence-corrected chi connectivity index (χ3v) is 3.09. The van der Waals surface area contributed by atoms with Crippen molar-refractivity contribution in [3.8, 4) is 0 Å². The van der Waals surface area contributed by atoms with Crippen LogP contribution in [0.2, 0.25) is 0 Å². The van der Waals surface area contributed by atoms with Gasteiger partial charge in [0.1, 0.15) is 6.09 Å². The molecule has 0 bridgehead atoms. The van der Waals surface area contributed by atoms with Crippen molar-refractivity contribution >= 4 is 17.6 Å². The number of nitrogens with one attached hydrogen (secondary N) is 1. The Morgan fingerprint density at radius 1 is 1.10 bits per heavy atom. The lowest BCUT2D eigenvalue weighted by Crippen LogP contribution is -2.28. The van der Waals surface area contributed by atoms with Crippen molar-refractivity contribution in [1.29, 1.82) is 0 Å². The number of carbonyl (C=O) groups excluding carboxylic acids is 2. The summed E-state index contributed by atoms with van der Waals surface area (Å²) < 4.78 is 0. The summed E-state index contributed by atoms with van der Waals surface area (Å²) in [7, 11) is 0. The van der Waals surface area contributed by atoms with Crippen LogP contribution in [0.1, 0.15) is 28.8 Å². The van der Waals surface area contributed by atoms with E-state index in [-0.39, 0.29) is 0 Å². The summed E-state index contributed by atoms with van der Waals surface area (Å²) in [6, 6.07) is 11.0. The lowest BCUT2D eigenvalue weighted by Gasteiger charge is -2.12. The predicted molar refractivity (Wildman–Crippen MR) is 77.0 cm³/mol. The van der Waals surface area contributed by atoms with E-state index in [1.807, 2.05) is 24.3 Å². The second kappa shape index (κ2) is 7.19. The highest BCUT2D eigenvalue weighted by Gasteiger charge is 2.14. The highest BCUT2D eigenvalue weighted by atomic mass is 16.4. The molecule has 5 heteroatoms. The van der Waals surface area contributed by atoms with Gasteiger partial charge in [0, 0.05) is 30.1 Å². The zero-order valence-electron chi connectivity index (χ0n) is 11.4. The summed E-state index contributed by atoms with van der Waals surface area (Å²) in [5.41, 5.74) is 2.64. The smallest absolute Gasteiger partial charge is 0.163 e. The lowest BCUT2D eigenvalue weighted by atomic mass is 9.91. The number of hydrogen-bond acceptors (Lipinski definition) is 4. The van der Waals surface area contributed by atoms with E-state index in [1.165, 1.54) is 30.1 Å². The third-order valence-electron chi connectivity index (χ3n) is 3.09. The number of carboxylic acid groups (broad SMARTS) is 1. The van der Waals surface area contributed by atoms with E-state index in [4.69, 9.17) is 0 Å². The standard InChI is InChI=1S/C10H10O.C6H6N2O2/c11-10-7-3-5-8-4-1-2-6-9(8)10;9-6(10)8-5-1-3-7-4-2-5/h1-2,4,6H,3,5,7H2;1-4H,(H,7,8)(H,9,10)/p-1. The van der Waals surface area contributed by atoms with Crippen molar-refractivity contribution < 1.29 is 14.7 Å². The van der Waals surface area contributed by atoms with Crippen molar-refractivity contribution in [3.05, 3.63) is 59.9 Å². The van der Waals surface area contributed by atoms with Crippen molar-refractivity contribution in [2.24, 2.45) is 0 Å². The third kappa shape index (κ3) is 4.42. The zero-order chi connectivity index (χ0) is 15.1. The number of Topliss-reactive ketones (excluding diaryl/α,β-unsaturated/α-hetero) is 1. The topological polar surface area (TPSA) is 82.1 Å². The van der Waals surface area contributed by atoms with Crippen LogP contribution in [0.3, 0.4) is 0 Å². The summed E-state index contributed by atoms with van der Waals surface area (Å²) in [5, 5.41) is 12.0. The first-order chi connectivity index (χ1) is 10.2. The van der Waals surface area contributed by atoms with Gasteiger partial charge in [-0.15, -0.1) is 0 Å². The number of nitrogens with zero attached hydrogens (tertiary/aromatic N) is 1. The average Bonchev–Trinajstić information content (AvgIpc) is 2.49. The number of pyridine rings is 1. The molecule has 3 rings (SSSR count). The van der Waals surface area contributed by atoms with Gasteiger partial charge in [-0.1, -0.05) is 24.3 Å². The molecule has 0 saturated carbocycles. The maximum atomic E-state index is 11.3. The van der Waals surface area contributed by atoms with Crippen LogP contribution in [0, 0.1) is 0 Å². The van der Waals surface area contributed by atoms with Gasteiger partial charge in [-0.3, -0.25) is 9.78 Å². The number of fused-ring (bicyclic) bond motifs is 1. The van der Waals surface area contributed by atoms with Gasteiger partial charge in [-0.25, -0.2) is 0 Å². The lowest BCUT2D eigenvalue weighted by molar-refractivity contribution is -0.242. The molecule has 0 radical (unpaired) electrons. The van der Waals surface area contributed by atoms with Crippen LogP contribution in [0.15, 0.2) is 48.8 Å². The molecule has 1 aliphatic carbocycles. The molecular weight excluding hydrogens is 268 g/mol. The zero-order valence-corrected chi connectivity index (χ0v) is 11.4. The first-order valence-corrected chi connectivity index (χ1v) is 6.66. The molecule has 0 spiro atoms. The Kier molecular flexibility index (Phi) is 5.04. The number of carbonyl (C=O) groups is 2. The number of aromatic nitrogens is 1. The highest BCUT2D eigenvalue weighted by molar-refractivity contribution is 5.98. The summed E-state index contributed by atoms with van der Waals surface area (Å²) in [5.74, 6) is 0.312. The van der Waals surface area contributed by atoms with E-state index >= 15 is 0 Å². The Morgan fingerprint density at radius 2 is 1.81 bits per heavy atom. The molecule has 0 unspecified atom stereocenters. The molecule has 2 aromatic rings. The quantitative estimate of drug-likeness (QED) is 0.868. The van der Waals surface area contributed by atoms with Crippen LogP contribution in [0.25, 0.3) is 0 Å². The predicted octanol–water partition coefficient (Wildman–Crippen LogP) is 2.04. The van der Waals surface area contributed by atoms with Crippen LogP contribution < -0.4 is 10.4 Å². The van der Waals surface area contributed by atoms with Gasteiger partial charge in [0.15, 0.2) is 5.78 Å². The normalized spacial score (nSPS) is 12.7. The minimum Gasteiger partial charge on any atom is -0.530 e. The summed E-state index contributed by atoms with van der Waals surface area (Å²) in [4.78, 5) is 24.9. The van der Waals surface area contributed by atoms with Crippen LogP contribution in [-0.4, -0.2) is 16.9 Å². The van der Waals surface area contributed by atoms with Crippen molar-refractivity contribution in [2.45, 2.75) is 19.3 Å². The Balaban J connectivity index is 0.000000155. The minimum absolute atomic E-state index is 0.312. The number of ketones is 1. The SMILES string of the molecule is O=C([O-])Nc1ccncc1.O=C1CCCc2ccccc21. The molecular formula is C16H15N2O3-. The highest BCUT2D eigenvalue weighted by Crippen LogP contribution is 2.19. The first kappa shape index (κ1) is 14.7. The number of amides is 1. The molecule has 5 nitrogen and oxygen atoms in total. The van der Waals surface area contributed by atoms with E-state index in [2.05, 4.69) is 10.3 Å². The Labute approximate surface area is 122 Å². The van der Waals surface area contributed by atoms with Gasteiger partial charge in [0.2, 0.25) is 0 Å². The second-order valence-electron chi connectivity index (χ2n) is 4.58. The number of aryl methyl sites for hydroxylation is 1. The summed E-state index contributed by atoms with van der Waals surface area (Å²) in [6.45, 7) is 0. The molecule has 0 aliphatic heterocycles. The largest absolute Gasteiger partial charge is 0.530 e. The number of benzene rings is 1. The average molecular weight is 283 g/mol. The van der Waals surface area contributed by atoms with Gasteiger partial charge in [0.05, 0.1) is 0 Å². The molecule has 21 heavy (non-hydrogen) atoms. The Hall–Kier alpha value is -2.69. The molecule has 0 atom stereocenters. The monoisotopic (exact) mass is 283 g/mol. The van der Waals surface area contributed by atoms with Gasteiger partial charge < -0.3 is 15.2 Å². The van der Waals surface area contributed by atoms with E-state index in [1.54, 1.807) is 0 Å². The molecule has 1 aliphatic rings. The van der Waals surface area contributed by atoms with Crippen LogP contribution in [-0.2, 0) is 6.42 Å². The fourth-order valence-electron chi connectivity index (χ4n) is 2.14. The maximum absolute atomic E-state index is 11.3. The fraction of sp³-hybridized carbons (Fsp3) is 0.188. The van der Waals surface area contributed by atoms with Crippen LogP contribution >= 0.6 is 0 Å². The number of rotatable bonds is 1. The summed E-state index contributed by atoms with van der Waals surface area (Å²) >= 11 is 0. The van der Waals surface area contributed by atoms with E-state index in [0.29, 0.717) is 11.5 Å². The molecule has 1 N–H and O–H groups in total. The van der Waals surface area contributed by atoms with Gasteiger partial charge in [0.25, 0.3) is 0 Å². The number of hydrogen-bond donors (Lipinski definition) is 1. The van der Waals surface area contributed by atoms with E-state index in [9.17, 15) is 14.7 Å². The molecule has 108 valence electrons. The summed E-state index contributed by atoms with van der Waals surface area (Å²) in [6.07, 6.45) is 4.50. The Morgan fingerprint density at radius 3 is 2.48 bits per heavy atom. The molecule has 1 amide bonds. The van der Waals surface area contributed by atoms with Gasteiger partial charge >= 0.3 is 0 Å². The molecule has 1 aromatic carbocycles. The van der Waals surface area contributed by atoms with Gasteiger partial charge in [-0.05, 0) is 30.5 Å². The Bertz CT molecular complexity index is 626. The second-order valence-corrected chi connectivity index (χ2v) is 4.58. The first-order valence-electron chi connectivity index (χ1n) is 6.66. The molecule has 0 saturated heterocycles. The minimum atomic E-state index is -1.31. The molecule has 0 fully saturated rings. The van der Waals surface area contributed by atoms with Gasteiger partial charge in [-0.2, -0.15) is 0 Å². The van der Waals surface area contributed by atoms with E-state index in [0.717, 1.165) is 24.8 Å². The molecule has 1 aromatic heterocycles. The van der Waals surface area contributed by atoms with Crippen LogP contribution in [0.5, 0.6) is 0 Å². The maximum Gasteiger partial charge on any atom is 0.163 e. The molecule has 1 heterocycles. The number of anilines is 1. The van der Waals surface area contributed by atoms with Crippen molar-refractivity contribution in [1.82, 2.24) is 4.98 Å². The van der Waals surface area contributed by atoms with Crippen molar-refractivity contribution in [2.75, 3.05) is 5.32 Å². The van der Waals surface area contributed by atoms with E-state index < -0.39 is 6.09 Å². The van der Waals surface area contributed by atoms with Crippen LogP contribution in [0.4, 0.5) is 10.5 Å². The van der Waals surface area contributed by atoms with Crippen molar-refractivity contribution in [3.63, 3.8) is 0 Å².